The van der Waals surface area contributed by atoms with Gasteiger partial charge in [0.2, 0.25) is 0 Å². The van der Waals surface area contributed by atoms with E-state index in [2.05, 4.69) is 10.2 Å². The molecule has 4 rings (SSSR count). The third-order valence-corrected chi connectivity index (χ3v) is 5.62. The third kappa shape index (κ3) is 3.64. The van der Waals surface area contributed by atoms with Crippen LogP contribution >= 0.6 is 0 Å². The first-order chi connectivity index (χ1) is 14.4. The number of aromatic nitrogens is 2. The molecule has 2 N–H and O–H groups in total. The number of aliphatic hydroxyl groups is 1. The molecule has 1 aliphatic rings. The van der Waals surface area contributed by atoms with Gasteiger partial charge in [0.05, 0.1) is 26.5 Å². The highest BCUT2D eigenvalue weighted by atomic mass is 16.5. The molecule has 0 saturated carbocycles. The van der Waals surface area contributed by atoms with Crippen LogP contribution in [0.1, 0.15) is 28.0 Å². The van der Waals surface area contributed by atoms with Gasteiger partial charge in [-0.1, -0.05) is 29.8 Å². The number of amides is 1. The number of H-pyrrole nitrogens is 1. The molecule has 3 aromatic rings. The van der Waals surface area contributed by atoms with Gasteiger partial charge in [-0.25, -0.2) is 0 Å². The van der Waals surface area contributed by atoms with Crippen LogP contribution in [0.15, 0.2) is 48.5 Å². The molecule has 7 heteroatoms. The summed E-state index contributed by atoms with van der Waals surface area (Å²) < 4.78 is 10.7. The number of carbonyl (C=O) groups is 1. The summed E-state index contributed by atoms with van der Waals surface area (Å²) in [7, 11) is 3.17. The van der Waals surface area contributed by atoms with Crippen LogP contribution in [0.5, 0.6) is 11.5 Å². The van der Waals surface area contributed by atoms with Gasteiger partial charge in [-0.15, -0.1) is 0 Å². The number of benzene rings is 2. The van der Waals surface area contributed by atoms with Crippen LogP contribution in [0.4, 0.5) is 0 Å². The maximum atomic E-state index is 13.0. The fourth-order valence-electron chi connectivity index (χ4n) is 3.82. The second kappa shape index (κ2) is 7.84. The molecule has 0 spiro atoms. The summed E-state index contributed by atoms with van der Waals surface area (Å²) in [5.41, 5.74) is 2.66. The monoisotopic (exact) mass is 407 g/mol. The van der Waals surface area contributed by atoms with Gasteiger partial charge in [-0.05, 0) is 37.1 Å². The number of nitrogens with zero attached hydrogens (tertiary/aromatic N) is 2. The van der Waals surface area contributed by atoms with Gasteiger partial charge in [0.15, 0.2) is 0 Å². The van der Waals surface area contributed by atoms with Crippen molar-refractivity contribution in [1.82, 2.24) is 15.1 Å². The maximum Gasteiger partial charge on any atom is 0.271 e. The first-order valence-corrected chi connectivity index (χ1v) is 9.80. The van der Waals surface area contributed by atoms with E-state index >= 15 is 0 Å². The molecule has 0 aliphatic carbocycles. The Bertz CT molecular complexity index is 1060. The van der Waals surface area contributed by atoms with Crippen molar-refractivity contribution >= 4 is 5.91 Å². The molecule has 0 unspecified atom stereocenters. The Morgan fingerprint density at radius 2 is 1.90 bits per heavy atom. The summed E-state index contributed by atoms with van der Waals surface area (Å²) in [5.74, 6) is 1.09. The van der Waals surface area contributed by atoms with Crippen LogP contribution in [-0.2, 0) is 5.60 Å². The molecule has 156 valence electrons. The fraction of sp³-hybridized carbons (Fsp3) is 0.304. The second-order valence-corrected chi connectivity index (χ2v) is 7.61. The van der Waals surface area contributed by atoms with E-state index in [1.165, 1.54) is 0 Å². The van der Waals surface area contributed by atoms with E-state index in [1.807, 2.05) is 43.3 Å². The van der Waals surface area contributed by atoms with E-state index < -0.39 is 5.60 Å². The molecule has 30 heavy (non-hydrogen) atoms. The van der Waals surface area contributed by atoms with Crippen molar-refractivity contribution in [3.63, 3.8) is 0 Å². The zero-order valence-electron chi connectivity index (χ0n) is 17.3. The molecule has 1 atom stereocenters. The summed E-state index contributed by atoms with van der Waals surface area (Å²) in [6.45, 7) is 2.73. The smallest absolute Gasteiger partial charge is 0.271 e. The summed E-state index contributed by atoms with van der Waals surface area (Å²) in [5, 5.41) is 18.2. The minimum atomic E-state index is -1.04. The lowest BCUT2D eigenvalue weighted by Gasteiger charge is -2.24. The number of hydrogen-bond acceptors (Lipinski definition) is 5. The Morgan fingerprint density at radius 3 is 2.60 bits per heavy atom. The van der Waals surface area contributed by atoms with Crippen molar-refractivity contribution in [3.8, 4) is 22.8 Å². The first-order valence-electron chi connectivity index (χ1n) is 9.80. The highest BCUT2D eigenvalue weighted by Crippen LogP contribution is 2.34. The number of β-amino-alcohol motifs (C(OH)–C–C–N with tert-alkyl or cyclic N) is 1. The second-order valence-electron chi connectivity index (χ2n) is 7.61. The summed E-state index contributed by atoms with van der Waals surface area (Å²) >= 11 is 0. The predicted octanol–water partition coefficient (Wildman–Crippen LogP) is 3.14. The Morgan fingerprint density at radius 1 is 1.13 bits per heavy atom. The number of nitrogens with one attached hydrogen (secondary N) is 1. The number of likely N-dealkylation sites (tertiary alicyclic amines) is 1. The number of hydrogen-bond donors (Lipinski definition) is 2. The fourth-order valence-corrected chi connectivity index (χ4v) is 3.82. The number of ether oxygens (including phenoxy) is 2. The normalized spacial score (nSPS) is 18.5. The number of aryl methyl sites for hydroxylation is 1. The minimum absolute atomic E-state index is 0.190. The largest absolute Gasteiger partial charge is 0.497 e. The minimum Gasteiger partial charge on any atom is -0.497 e. The standard InChI is InChI=1S/C23H25N3O4/c1-15-4-6-16(7-5-15)23(28)10-11-26(14-23)22(27)20-13-19(24-25-20)18-9-8-17(29-2)12-21(18)30-3/h4-9,12-13,28H,10-11,14H2,1-3H3,(H,24,25)/t23-/m1/s1. The third-order valence-electron chi connectivity index (χ3n) is 5.62. The van der Waals surface area contributed by atoms with E-state index in [4.69, 9.17) is 9.47 Å². The van der Waals surface area contributed by atoms with Crippen molar-refractivity contribution in [2.45, 2.75) is 18.9 Å². The van der Waals surface area contributed by atoms with Crippen LogP contribution < -0.4 is 9.47 Å². The van der Waals surface area contributed by atoms with Gasteiger partial charge in [0.25, 0.3) is 5.91 Å². The van der Waals surface area contributed by atoms with Gasteiger partial charge < -0.3 is 19.5 Å². The Balaban J connectivity index is 1.53. The molecule has 2 heterocycles. The van der Waals surface area contributed by atoms with Gasteiger partial charge in [0, 0.05) is 18.2 Å². The molecule has 1 aliphatic heterocycles. The molecule has 1 saturated heterocycles. The summed E-state index contributed by atoms with van der Waals surface area (Å²) in [6, 6.07) is 14.9. The lowest BCUT2D eigenvalue weighted by molar-refractivity contribution is 0.0415. The van der Waals surface area contributed by atoms with Gasteiger partial charge in [-0.3, -0.25) is 9.89 Å². The van der Waals surface area contributed by atoms with Crippen LogP contribution in [0.2, 0.25) is 0 Å². The molecular weight excluding hydrogens is 382 g/mol. The Hall–Kier alpha value is -3.32. The van der Waals surface area contributed by atoms with E-state index in [9.17, 15) is 9.90 Å². The lowest BCUT2D eigenvalue weighted by atomic mass is 9.92. The molecule has 0 bridgehead atoms. The molecule has 0 radical (unpaired) electrons. The first kappa shape index (κ1) is 20.0. The maximum absolute atomic E-state index is 13.0. The van der Waals surface area contributed by atoms with E-state index in [-0.39, 0.29) is 12.5 Å². The zero-order valence-corrected chi connectivity index (χ0v) is 17.3. The number of aromatic amines is 1. The summed E-state index contributed by atoms with van der Waals surface area (Å²) in [6.07, 6.45) is 0.495. The average Bonchev–Trinajstić information content (AvgIpc) is 3.41. The highest BCUT2D eigenvalue weighted by molar-refractivity contribution is 5.94. The molecule has 2 aromatic carbocycles. The zero-order chi connectivity index (χ0) is 21.3. The SMILES string of the molecule is COc1ccc(-c2cc(C(=O)N3CC[C@](O)(c4ccc(C)cc4)C3)[nH]n2)c(OC)c1. The topological polar surface area (TPSA) is 87.7 Å². The van der Waals surface area contributed by atoms with Crippen molar-refractivity contribution in [2.24, 2.45) is 0 Å². The number of rotatable bonds is 5. The van der Waals surface area contributed by atoms with Crippen LogP contribution in [0.3, 0.4) is 0 Å². The van der Waals surface area contributed by atoms with Crippen molar-refractivity contribution in [2.75, 3.05) is 27.3 Å². The molecule has 7 nitrogen and oxygen atoms in total. The van der Waals surface area contributed by atoms with Crippen molar-refractivity contribution in [1.29, 1.82) is 0 Å². The molecule has 1 aromatic heterocycles. The quantitative estimate of drug-likeness (QED) is 0.679. The van der Waals surface area contributed by atoms with Crippen molar-refractivity contribution in [3.05, 3.63) is 65.4 Å². The van der Waals surface area contributed by atoms with Crippen LogP contribution in [0.25, 0.3) is 11.3 Å². The van der Waals surface area contributed by atoms with E-state index in [1.54, 1.807) is 31.3 Å². The Kier molecular flexibility index (Phi) is 5.22. The van der Waals surface area contributed by atoms with Gasteiger partial charge >= 0.3 is 0 Å². The lowest BCUT2D eigenvalue weighted by Crippen LogP contribution is -2.34. The molecule has 1 fully saturated rings. The van der Waals surface area contributed by atoms with Gasteiger partial charge in [-0.2, -0.15) is 5.10 Å². The Labute approximate surface area is 175 Å². The highest BCUT2D eigenvalue weighted by Gasteiger charge is 2.40. The van der Waals surface area contributed by atoms with Crippen molar-refractivity contribution < 1.29 is 19.4 Å². The average molecular weight is 407 g/mol. The summed E-state index contributed by atoms with van der Waals surface area (Å²) in [4.78, 5) is 14.7. The van der Waals surface area contributed by atoms with Gasteiger partial charge in [0.1, 0.15) is 22.8 Å². The molecular formula is C23H25N3O4. The number of carbonyl (C=O) groups excluding carboxylic acids is 1. The molecule has 1 amide bonds. The van der Waals surface area contributed by atoms with Crippen LogP contribution in [0, 0.1) is 6.92 Å². The van der Waals surface area contributed by atoms with E-state index in [0.717, 1.165) is 16.7 Å². The van der Waals surface area contributed by atoms with E-state index in [0.29, 0.717) is 35.9 Å². The van der Waals surface area contributed by atoms with Crippen LogP contribution in [-0.4, -0.2) is 53.4 Å². The number of methoxy groups -OCH3 is 2. The predicted molar refractivity (Wildman–Crippen MR) is 113 cm³/mol.